The van der Waals surface area contributed by atoms with Crippen LogP contribution in [0.3, 0.4) is 0 Å². The second-order valence-electron chi connectivity index (χ2n) is 5.46. The molecule has 1 N–H and O–H groups in total. The summed E-state index contributed by atoms with van der Waals surface area (Å²) in [5.41, 5.74) is 2.59. The lowest BCUT2D eigenvalue weighted by Gasteiger charge is -2.14. The third-order valence-corrected chi connectivity index (χ3v) is 3.30. The maximum atomic E-state index is 5.97. The zero-order valence-electron chi connectivity index (χ0n) is 13.0. The molecule has 0 saturated heterocycles. The SMILES string of the molecule is CCNCCCCCOc1cc(C)ccc1C(C)C. The molecule has 2 heteroatoms. The Morgan fingerprint density at radius 2 is 1.95 bits per heavy atom. The third kappa shape index (κ3) is 6.11. The summed E-state index contributed by atoms with van der Waals surface area (Å²) in [6.45, 7) is 11.7. The molecule has 0 bridgehead atoms. The lowest BCUT2D eigenvalue weighted by Crippen LogP contribution is -2.14. The van der Waals surface area contributed by atoms with Crippen LogP contribution in [-0.4, -0.2) is 19.7 Å². The summed E-state index contributed by atoms with van der Waals surface area (Å²) in [6.07, 6.45) is 3.61. The molecule has 0 fully saturated rings. The van der Waals surface area contributed by atoms with Gasteiger partial charge in [0.25, 0.3) is 0 Å². The fraction of sp³-hybridized carbons (Fsp3) is 0.647. The summed E-state index contributed by atoms with van der Waals surface area (Å²) in [4.78, 5) is 0. The van der Waals surface area contributed by atoms with Crippen molar-refractivity contribution < 1.29 is 4.74 Å². The van der Waals surface area contributed by atoms with Crippen LogP contribution >= 0.6 is 0 Å². The smallest absolute Gasteiger partial charge is 0.122 e. The topological polar surface area (TPSA) is 21.3 Å². The largest absolute Gasteiger partial charge is 0.493 e. The van der Waals surface area contributed by atoms with E-state index in [-0.39, 0.29) is 0 Å². The van der Waals surface area contributed by atoms with Gasteiger partial charge in [-0.2, -0.15) is 0 Å². The van der Waals surface area contributed by atoms with E-state index >= 15 is 0 Å². The Bertz CT molecular complexity index is 360. The van der Waals surface area contributed by atoms with E-state index < -0.39 is 0 Å². The van der Waals surface area contributed by atoms with Crippen molar-refractivity contribution in [2.24, 2.45) is 0 Å². The number of hydrogen-bond acceptors (Lipinski definition) is 2. The summed E-state index contributed by atoms with van der Waals surface area (Å²) >= 11 is 0. The summed E-state index contributed by atoms with van der Waals surface area (Å²) in [6, 6.07) is 6.52. The van der Waals surface area contributed by atoms with Gasteiger partial charge in [0.05, 0.1) is 6.61 Å². The first-order valence-corrected chi connectivity index (χ1v) is 7.59. The molecular formula is C17H29NO. The monoisotopic (exact) mass is 263 g/mol. The molecule has 2 nitrogen and oxygen atoms in total. The summed E-state index contributed by atoms with van der Waals surface area (Å²) < 4.78 is 5.97. The summed E-state index contributed by atoms with van der Waals surface area (Å²) in [5, 5.41) is 3.35. The van der Waals surface area contributed by atoms with Crippen LogP contribution in [0, 0.1) is 6.92 Å². The van der Waals surface area contributed by atoms with Crippen molar-refractivity contribution >= 4 is 0 Å². The van der Waals surface area contributed by atoms with Crippen molar-refractivity contribution in [3.8, 4) is 5.75 Å². The second-order valence-corrected chi connectivity index (χ2v) is 5.46. The molecule has 0 atom stereocenters. The highest BCUT2D eigenvalue weighted by atomic mass is 16.5. The van der Waals surface area contributed by atoms with Gasteiger partial charge in [0.15, 0.2) is 0 Å². The quantitative estimate of drug-likeness (QED) is 0.672. The van der Waals surface area contributed by atoms with Crippen LogP contribution < -0.4 is 10.1 Å². The number of nitrogens with one attached hydrogen (secondary N) is 1. The maximum absolute atomic E-state index is 5.97. The van der Waals surface area contributed by atoms with Crippen molar-refractivity contribution in [2.75, 3.05) is 19.7 Å². The van der Waals surface area contributed by atoms with Crippen LogP contribution in [0.1, 0.15) is 57.1 Å². The minimum absolute atomic E-state index is 0.518. The Balaban J connectivity index is 2.34. The number of aryl methyl sites for hydroxylation is 1. The van der Waals surface area contributed by atoms with Crippen LogP contribution in [0.2, 0.25) is 0 Å². The van der Waals surface area contributed by atoms with Gasteiger partial charge in [0, 0.05) is 0 Å². The lowest BCUT2D eigenvalue weighted by atomic mass is 10.0. The van der Waals surface area contributed by atoms with Crippen molar-refractivity contribution in [3.63, 3.8) is 0 Å². The molecule has 1 aromatic rings. The van der Waals surface area contributed by atoms with E-state index in [2.05, 4.69) is 51.2 Å². The second kappa shape index (κ2) is 8.98. The first-order valence-electron chi connectivity index (χ1n) is 7.59. The molecule has 0 unspecified atom stereocenters. The van der Waals surface area contributed by atoms with Crippen molar-refractivity contribution in [3.05, 3.63) is 29.3 Å². The molecule has 19 heavy (non-hydrogen) atoms. The van der Waals surface area contributed by atoms with Gasteiger partial charge < -0.3 is 10.1 Å². The van der Waals surface area contributed by atoms with Crippen molar-refractivity contribution in [1.29, 1.82) is 0 Å². The highest BCUT2D eigenvalue weighted by Crippen LogP contribution is 2.27. The summed E-state index contributed by atoms with van der Waals surface area (Å²) in [5.74, 6) is 1.59. The number of hydrogen-bond donors (Lipinski definition) is 1. The van der Waals surface area contributed by atoms with Crippen LogP contribution in [0.5, 0.6) is 5.75 Å². The van der Waals surface area contributed by atoms with Crippen LogP contribution in [0.4, 0.5) is 0 Å². The third-order valence-electron chi connectivity index (χ3n) is 3.30. The normalized spacial score (nSPS) is 11.0. The molecule has 0 aromatic heterocycles. The average molecular weight is 263 g/mol. The maximum Gasteiger partial charge on any atom is 0.122 e. The fourth-order valence-electron chi connectivity index (χ4n) is 2.13. The lowest BCUT2D eigenvalue weighted by molar-refractivity contribution is 0.301. The highest BCUT2D eigenvalue weighted by Gasteiger charge is 2.07. The molecule has 0 saturated carbocycles. The number of unbranched alkanes of at least 4 members (excludes halogenated alkanes) is 2. The van der Waals surface area contributed by atoms with Crippen molar-refractivity contribution in [2.45, 2.75) is 52.9 Å². The van der Waals surface area contributed by atoms with E-state index in [1.807, 2.05) is 0 Å². The molecule has 0 radical (unpaired) electrons. The Labute approximate surface area is 118 Å². The standard InChI is InChI=1S/C17H29NO/c1-5-18-11-7-6-8-12-19-17-13-15(4)9-10-16(17)14(2)3/h9-10,13-14,18H,5-8,11-12H2,1-4H3. The zero-order chi connectivity index (χ0) is 14.1. The molecule has 0 aliphatic carbocycles. The molecular weight excluding hydrogens is 234 g/mol. The van der Waals surface area contributed by atoms with Crippen LogP contribution in [0.25, 0.3) is 0 Å². The molecule has 0 amide bonds. The van der Waals surface area contributed by atoms with Gasteiger partial charge in [-0.05, 0) is 62.4 Å². The van der Waals surface area contributed by atoms with Gasteiger partial charge in [-0.25, -0.2) is 0 Å². The Kier molecular flexibility index (Phi) is 7.57. The predicted octanol–water partition coefficient (Wildman–Crippen LogP) is 4.28. The summed E-state index contributed by atoms with van der Waals surface area (Å²) in [7, 11) is 0. The Morgan fingerprint density at radius 1 is 1.16 bits per heavy atom. The predicted molar refractivity (Wildman–Crippen MR) is 83.2 cm³/mol. The molecule has 0 aliphatic heterocycles. The van der Waals surface area contributed by atoms with Gasteiger partial charge >= 0.3 is 0 Å². The van der Waals surface area contributed by atoms with Gasteiger partial charge in [-0.3, -0.25) is 0 Å². The van der Waals surface area contributed by atoms with Crippen molar-refractivity contribution in [1.82, 2.24) is 5.32 Å². The molecule has 0 spiro atoms. The van der Waals surface area contributed by atoms with E-state index in [0.717, 1.165) is 31.9 Å². The molecule has 1 aromatic carbocycles. The Morgan fingerprint density at radius 3 is 2.63 bits per heavy atom. The Hall–Kier alpha value is -1.02. The van der Waals surface area contributed by atoms with Crippen LogP contribution in [-0.2, 0) is 0 Å². The van der Waals surface area contributed by atoms with Gasteiger partial charge in [0.1, 0.15) is 5.75 Å². The van der Waals surface area contributed by atoms with E-state index in [1.54, 1.807) is 0 Å². The zero-order valence-corrected chi connectivity index (χ0v) is 13.0. The van der Waals surface area contributed by atoms with Crippen LogP contribution in [0.15, 0.2) is 18.2 Å². The first kappa shape index (κ1) is 16.0. The van der Waals surface area contributed by atoms with E-state index in [4.69, 9.17) is 4.74 Å². The minimum atomic E-state index is 0.518. The highest BCUT2D eigenvalue weighted by molar-refractivity contribution is 5.39. The van der Waals surface area contributed by atoms with E-state index in [1.165, 1.54) is 24.0 Å². The van der Waals surface area contributed by atoms with E-state index in [0.29, 0.717) is 5.92 Å². The molecule has 0 heterocycles. The molecule has 0 aliphatic rings. The molecule has 108 valence electrons. The van der Waals surface area contributed by atoms with Gasteiger partial charge in [-0.15, -0.1) is 0 Å². The van der Waals surface area contributed by atoms with Gasteiger partial charge in [-0.1, -0.05) is 32.9 Å². The average Bonchev–Trinajstić information content (AvgIpc) is 2.37. The number of rotatable bonds is 9. The first-order chi connectivity index (χ1) is 9.15. The fourth-order valence-corrected chi connectivity index (χ4v) is 2.13. The minimum Gasteiger partial charge on any atom is -0.493 e. The number of ether oxygens (including phenoxy) is 1. The van der Waals surface area contributed by atoms with E-state index in [9.17, 15) is 0 Å². The molecule has 1 rings (SSSR count). The van der Waals surface area contributed by atoms with Gasteiger partial charge in [0.2, 0.25) is 0 Å². The number of benzene rings is 1.